The van der Waals surface area contributed by atoms with Crippen molar-refractivity contribution in [3.05, 3.63) is 41.6 Å². The van der Waals surface area contributed by atoms with E-state index in [4.69, 9.17) is 4.74 Å². The number of likely N-dealkylation sites (tertiary alicyclic amines) is 1. The van der Waals surface area contributed by atoms with Crippen molar-refractivity contribution in [1.82, 2.24) is 20.0 Å². The maximum absolute atomic E-state index is 12.3. The van der Waals surface area contributed by atoms with E-state index in [0.29, 0.717) is 19.0 Å². The van der Waals surface area contributed by atoms with Crippen LogP contribution < -0.4 is 10.1 Å². The van der Waals surface area contributed by atoms with Gasteiger partial charge in [0.1, 0.15) is 5.75 Å². The summed E-state index contributed by atoms with van der Waals surface area (Å²) in [4.78, 5) is 14.2. The molecule has 6 nitrogen and oxygen atoms in total. The van der Waals surface area contributed by atoms with Crippen LogP contribution in [0.5, 0.6) is 11.6 Å². The lowest BCUT2D eigenvalue weighted by Gasteiger charge is -2.26. The minimum atomic E-state index is 0. The van der Waals surface area contributed by atoms with E-state index in [2.05, 4.69) is 10.4 Å². The average molecular weight is 379 g/mol. The first-order valence-electron chi connectivity index (χ1n) is 8.89. The molecule has 2 heterocycles. The van der Waals surface area contributed by atoms with Gasteiger partial charge in [0, 0.05) is 26.7 Å². The summed E-state index contributed by atoms with van der Waals surface area (Å²) >= 11 is 0. The number of carbonyl (C=O) groups excluding carboxylic acids is 1. The van der Waals surface area contributed by atoms with Crippen LogP contribution >= 0.6 is 12.4 Å². The molecule has 7 heteroatoms. The van der Waals surface area contributed by atoms with Gasteiger partial charge in [0.25, 0.3) is 0 Å². The number of hydrogen-bond acceptors (Lipinski definition) is 4. The Labute approximate surface area is 160 Å². The van der Waals surface area contributed by atoms with Crippen LogP contribution in [0.15, 0.2) is 30.3 Å². The summed E-state index contributed by atoms with van der Waals surface area (Å²) in [6, 6.07) is 9.66. The van der Waals surface area contributed by atoms with Gasteiger partial charge in [-0.05, 0) is 38.3 Å². The van der Waals surface area contributed by atoms with Gasteiger partial charge in [-0.15, -0.1) is 12.4 Å². The van der Waals surface area contributed by atoms with Crippen LogP contribution in [-0.4, -0.2) is 40.2 Å². The van der Waals surface area contributed by atoms with Crippen molar-refractivity contribution in [2.24, 2.45) is 7.05 Å². The molecule has 1 saturated heterocycles. The van der Waals surface area contributed by atoms with Crippen molar-refractivity contribution >= 4 is 18.3 Å². The monoisotopic (exact) mass is 378 g/mol. The van der Waals surface area contributed by atoms with Crippen LogP contribution in [0.1, 0.15) is 30.5 Å². The Hall–Kier alpha value is -2.05. The van der Waals surface area contributed by atoms with Crippen molar-refractivity contribution in [2.75, 3.05) is 19.6 Å². The van der Waals surface area contributed by atoms with Gasteiger partial charge in [-0.25, -0.2) is 4.68 Å². The molecule has 0 spiro atoms. The van der Waals surface area contributed by atoms with Crippen LogP contribution in [-0.2, 0) is 18.4 Å². The molecule has 1 amide bonds. The fraction of sp³-hybridized carbons (Fsp3) is 0.474. The molecule has 1 aliphatic rings. The van der Waals surface area contributed by atoms with Gasteiger partial charge in [0.15, 0.2) is 0 Å². The molecule has 142 valence electrons. The summed E-state index contributed by atoms with van der Waals surface area (Å²) < 4.78 is 7.74. The molecule has 0 radical (unpaired) electrons. The first-order chi connectivity index (χ1) is 12.1. The van der Waals surface area contributed by atoms with Crippen molar-refractivity contribution in [1.29, 1.82) is 0 Å². The number of nitrogens with zero attached hydrogens (tertiary/aromatic N) is 3. The van der Waals surface area contributed by atoms with Gasteiger partial charge in [0.05, 0.1) is 17.8 Å². The largest absolute Gasteiger partial charge is 0.439 e. The summed E-state index contributed by atoms with van der Waals surface area (Å²) in [6.45, 7) is 4.63. The van der Waals surface area contributed by atoms with E-state index in [-0.39, 0.29) is 18.3 Å². The predicted octanol–water partition coefficient (Wildman–Crippen LogP) is 3.04. The van der Waals surface area contributed by atoms with Gasteiger partial charge < -0.3 is 15.0 Å². The van der Waals surface area contributed by atoms with Crippen LogP contribution in [0, 0.1) is 6.92 Å². The van der Waals surface area contributed by atoms with E-state index >= 15 is 0 Å². The molecular weight excluding hydrogens is 352 g/mol. The third-order valence-electron chi connectivity index (χ3n) is 4.53. The van der Waals surface area contributed by atoms with E-state index in [1.54, 1.807) is 4.68 Å². The zero-order chi connectivity index (χ0) is 17.6. The molecule has 0 atom stereocenters. The summed E-state index contributed by atoms with van der Waals surface area (Å²) in [5.41, 5.74) is 1.89. The Morgan fingerprint density at radius 2 is 1.88 bits per heavy atom. The molecule has 0 aliphatic carbocycles. The maximum atomic E-state index is 12.3. The third kappa shape index (κ3) is 4.99. The van der Waals surface area contributed by atoms with E-state index < -0.39 is 0 Å². The van der Waals surface area contributed by atoms with E-state index in [9.17, 15) is 4.79 Å². The Bertz CT molecular complexity index is 712. The SMILES string of the molecule is Cc1nn(C)c(Oc2ccccc2)c1CNCC(=O)N1CCCCC1.Cl. The fourth-order valence-electron chi connectivity index (χ4n) is 3.16. The minimum absolute atomic E-state index is 0. The topological polar surface area (TPSA) is 59.4 Å². The number of aryl methyl sites for hydroxylation is 2. The second-order valence-electron chi connectivity index (χ2n) is 6.45. The summed E-state index contributed by atoms with van der Waals surface area (Å²) in [6.07, 6.45) is 3.46. The Morgan fingerprint density at radius 1 is 1.19 bits per heavy atom. The number of amides is 1. The lowest BCUT2D eigenvalue weighted by Crippen LogP contribution is -2.41. The molecule has 1 aliphatic heterocycles. The fourth-order valence-corrected chi connectivity index (χ4v) is 3.16. The number of hydrogen-bond donors (Lipinski definition) is 1. The lowest BCUT2D eigenvalue weighted by molar-refractivity contribution is -0.131. The van der Waals surface area contributed by atoms with Crippen molar-refractivity contribution in [2.45, 2.75) is 32.7 Å². The number of benzene rings is 1. The highest BCUT2D eigenvalue weighted by Crippen LogP contribution is 2.26. The van der Waals surface area contributed by atoms with Crippen LogP contribution in [0.2, 0.25) is 0 Å². The Kier molecular flexibility index (Phi) is 7.48. The van der Waals surface area contributed by atoms with Crippen LogP contribution in [0.4, 0.5) is 0 Å². The summed E-state index contributed by atoms with van der Waals surface area (Å²) in [5.74, 6) is 1.66. The van der Waals surface area contributed by atoms with Crippen molar-refractivity contribution < 1.29 is 9.53 Å². The number of ether oxygens (including phenoxy) is 1. The molecule has 0 saturated carbocycles. The summed E-state index contributed by atoms with van der Waals surface area (Å²) in [7, 11) is 1.87. The predicted molar refractivity (Wildman–Crippen MR) is 104 cm³/mol. The van der Waals surface area contributed by atoms with Gasteiger partial charge in [-0.1, -0.05) is 18.2 Å². The molecule has 1 N–H and O–H groups in total. The third-order valence-corrected chi connectivity index (χ3v) is 4.53. The second-order valence-corrected chi connectivity index (χ2v) is 6.45. The first kappa shape index (κ1) is 20.3. The lowest BCUT2D eigenvalue weighted by atomic mass is 10.1. The van der Waals surface area contributed by atoms with Gasteiger partial charge in [-0.2, -0.15) is 5.10 Å². The molecule has 0 bridgehead atoms. The molecule has 1 aromatic carbocycles. The van der Waals surface area contributed by atoms with Crippen molar-refractivity contribution in [3.8, 4) is 11.6 Å². The molecule has 1 fully saturated rings. The number of nitrogens with one attached hydrogen (secondary N) is 1. The van der Waals surface area contributed by atoms with Crippen LogP contribution in [0.25, 0.3) is 0 Å². The van der Waals surface area contributed by atoms with Gasteiger partial charge >= 0.3 is 0 Å². The van der Waals surface area contributed by atoms with Crippen LogP contribution in [0.3, 0.4) is 0 Å². The Balaban J connectivity index is 0.00000243. The maximum Gasteiger partial charge on any atom is 0.236 e. The molecule has 26 heavy (non-hydrogen) atoms. The molecule has 3 rings (SSSR count). The van der Waals surface area contributed by atoms with E-state index in [0.717, 1.165) is 42.9 Å². The number of carbonyl (C=O) groups is 1. The number of aromatic nitrogens is 2. The zero-order valence-corrected chi connectivity index (χ0v) is 16.2. The Morgan fingerprint density at radius 3 is 2.58 bits per heavy atom. The zero-order valence-electron chi connectivity index (χ0n) is 15.4. The molecule has 1 aromatic heterocycles. The molecule has 0 unspecified atom stereocenters. The molecule has 2 aromatic rings. The highest BCUT2D eigenvalue weighted by atomic mass is 35.5. The smallest absolute Gasteiger partial charge is 0.236 e. The van der Waals surface area contributed by atoms with Gasteiger partial charge in [-0.3, -0.25) is 4.79 Å². The normalized spacial score (nSPS) is 14.0. The van der Waals surface area contributed by atoms with Gasteiger partial charge in [0.2, 0.25) is 11.8 Å². The standard InChI is InChI=1S/C19H26N4O2.ClH/c1-15-17(13-20-14-18(24)23-11-7-4-8-12-23)19(22(2)21-15)25-16-9-5-3-6-10-16;/h3,5-6,9-10,20H,4,7-8,11-14H2,1-2H3;1H. The quantitative estimate of drug-likeness (QED) is 0.839. The first-order valence-corrected chi connectivity index (χ1v) is 8.89. The highest BCUT2D eigenvalue weighted by Gasteiger charge is 2.18. The van der Waals surface area contributed by atoms with E-state index in [1.165, 1.54) is 6.42 Å². The van der Waals surface area contributed by atoms with E-state index in [1.807, 2.05) is 49.2 Å². The molecular formula is C19H27ClN4O2. The van der Waals surface area contributed by atoms with Crippen molar-refractivity contribution in [3.63, 3.8) is 0 Å². The summed E-state index contributed by atoms with van der Waals surface area (Å²) in [5, 5.41) is 7.71. The second kappa shape index (κ2) is 9.59. The average Bonchev–Trinajstić information content (AvgIpc) is 2.90. The number of halogens is 1. The number of para-hydroxylation sites is 1. The number of rotatable bonds is 6. The highest BCUT2D eigenvalue weighted by molar-refractivity contribution is 5.85. The number of piperidine rings is 1. The minimum Gasteiger partial charge on any atom is -0.439 e.